The molecule has 0 spiro atoms. The van der Waals surface area contributed by atoms with E-state index in [1.807, 2.05) is 24.3 Å². The molecule has 124 valence electrons. The number of benzene rings is 1. The molecule has 0 saturated carbocycles. The van der Waals surface area contributed by atoms with Gasteiger partial charge in [0.25, 0.3) is 0 Å². The number of anilines is 1. The van der Waals surface area contributed by atoms with Gasteiger partial charge >= 0.3 is 0 Å². The standard InChI is InChI=1S/C18H15N5O2/c19-17-14(12-3-1-2-11(8-12)10-24)9-23(22-17)18-16-13(4-6-21-18)15(25)5-7-20-16/h1-4,6-9,24H,5,10H2,(H2,19,22). The first-order chi connectivity index (χ1) is 12.2. The molecule has 25 heavy (non-hydrogen) atoms. The third-order valence-corrected chi connectivity index (χ3v) is 4.08. The minimum absolute atomic E-state index is 0.00430. The van der Waals surface area contributed by atoms with Crippen molar-refractivity contribution >= 4 is 23.5 Å². The van der Waals surface area contributed by atoms with Crippen LogP contribution < -0.4 is 5.73 Å². The smallest absolute Gasteiger partial charge is 0.180 e. The van der Waals surface area contributed by atoms with Gasteiger partial charge < -0.3 is 10.8 Å². The predicted molar refractivity (Wildman–Crippen MR) is 94.2 cm³/mol. The molecular formula is C18H15N5O2. The van der Waals surface area contributed by atoms with Crippen molar-refractivity contribution in [2.45, 2.75) is 13.0 Å². The highest BCUT2D eigenvalue weighted by Gasteiger charge is 2.20. The molecule has 1 aliphatic heterocycles. The molecule has 0 amide bonds. The zero-order chi connectivity index (χ0) is 17.4. The van der Waals surface area contributed by atoms with Crippen molar-refractivity contribution in [3.8, 4) is 16.9 Å². The lowest BCUT2D eigenvalue weighted by Crippen LogP contribution is -2.09. The van der Waals surface area contributed by atoms with E-state index in [4.69, 9.17) is 5.73 Å². The summed E-state index contributed by atoms with van der Waals surface area (Å²) in [6, 6.07) is 9.10. The van der Waals surface area contributed by atoms with Gasteiger partial charge in [0.2, 0.25) is 0 Å². The second-order valence-electron chi connectivity index (χ2n) is 5.70. The van der Waals surface area contributed by atoms with Crippen molar-refractivity contribution < 1.29 is 9.90 Å². The minimum atomic E-state index is -0.0491. The molecule has 0 saturated heterocycles. The molecule has 2 aromatic heterocycles. The lowest BCUT2D eigenvalue weighted by molar-refractivity contribution is 0.100. The van der Waals surface area contributed by atoms with E-state index in [0.29, 0.717) is 22.9 Å². The molecule has 0 unspecified atom stereocenters. The molecule has 0 fully saturated rings. The lowest BCUT2D eigenvalue weighted by atomic mass is 10.1. The molecule has 0 aliphatic carbocycles. The number of aliphatic hydroxyl groups excluding tert-OH is 1. The Hall–Kier alpha value is -3.32. The Morgan fingerprint density at radius 3 is 2.96 bits per heavy atom. The first-order valence-corrected chi connectivity index (χ1v) is 7.78. The van der Waals surface area contributed by atoms with Crippen molar-refractivity contribution in [1.82, 2.24) is 14.8 Å². The number of carbonyl (C=O) groups is 1. The molecule has 3 aromatic rings. The molecule has 4 rings (SSSR count). The topological polar surface area (TPSA) is 106 Å². The number of pyridine rings is 1. The van der Waals surface area contributed by atoms with Crippen molar-refractivity contribution in [3.05, 3.63) is 53.9 Å². The Labute approximate surface area is 143 Å². The summed E-state index contributed by atoms with van der Waals surface area (Å²) in [6.07, 6.45) is 5.19. The molecule has 3 N–H and O–H groups in total. The van der Waals surface area contributed by atoms with E-state index in [0.717, 1.165) is 16.7 Å². The van der Waals surface area contributed by atoms with Gasteiger partial charge in [-0.25, -0.2) is 9.67 Å². The SMILES string of the molecule is Nc1nn(-c2nccc3c2N=CCC3=O)cc1-c1cccc(CO)c1. The molecular weight excluding hydrogens is 318 g/mol. The number of rotatable bonds is 3. The number of nitrogens with two attached hydrogens (primary N) is 1. The van der Waals surface area contributed by atoms with Crippen LogP contribution in [-0.4, -0.2) is 31.9 Å². The number of hydrogen-bond acceptors (Lipinski definition) is 6. The molecule has 0 radical (unpaired) electrons. The van der Waals surface area contributed by atoms with Crippen LogP contribution in [0.4, 0.5) is 11.5 Å². The number of fused-ring (bicyclic) bond motifs is 1. The van der Waals surface area contributed by atoms with E-state index >= 15 is 0 Å². The highest BCUT2D eigenvalue weighted by molar-refractivity contribution is 6.10. The summed E-state index contributed by atoms with van der Waals surface area (Å²) >= 11 is 0. The van der Waals surface area contributed by atoms with E-state index < -0.39 is 0 Å². The van der Waals surface area contributed by atoms with Crippen LogP contribution in [0.25, 0.3) is 16.9 Å². The van der Waals surface area contributed by atoms with Crippen LogP contribution in [0.15, 0.2) is 47.7 Å². The number of Topliss-reactive ketones (excluding diaryl/α,β-unsaturated/α-hetero) is 1. The molecule has 7 nitrogen and oxygen atoms in total. The second-order valence-corrected chi connectivity index (χ2v) is 5.70. The lowest BCUT2D eigenvalue weighted by Gasteiger charge is -2.11. The summed E-state index contributed by atoms with van der Waals surface area (Å²) in [5.41, 5.74) is 9.46. The third-order valence-electron chi connectivity index (χ3n) is 4.08. The fourth-order valence-corrected chi connectivity index (χ4v) is 2.85. The molecule has 0 atom stereocenters. The monoisotopic (exact) mass is 333 g/mol. The number of aromatic nitrogens is 3. The van der Waals surface area contributed by atoms with Crippen LogP contribution in [-0.2, 0) is 6.61 Å². The summed E-state index contributed by atoms with van der Waals surface area (Å²) < 4.78 is 1.53. The number of hydrogen-bond donors (Lipinski definition) is 2. The third kappa shape index (κ3) is 2.60. The van der Waals surface area contributed by atoms with E-state index in [9.17, 15) is 9.90 Å². The zero-order valence-corrected chi connectivity index (χ0v) is 13.3. The largest absolute Gasteiger partial charge is 0.392 e. The summed E-state index contributed by atoms with van der Waals surface area (Å²) in [7, 11) is 0. The first-order valence-electron chi connectivity index (χ1n) is 7.78. The second kappa shape index (κ2) is 5.95. The fourth-order valence-electron chi connectivity index (χ4n) is 2.85. The van der Waals surface area contributed by atoms with Gasteiger partial charge in [0.15, 0.2) is 17.4 Å². The van der Waals surface area contributed by atoms with Crippen molar-refractivity contribution in [2.24, 2.45) is 4.99 Å². The van der Waals surface area contributed by atoms with Gasteiger partial charge in [0.1, 0.15) is 5.69 Å². The van der Waals surface area contributed by atoms with Crippen LogP contribution in [0.3, 0.4) is 0 Å². The molecule has 0 bridgehead atoms. The molecule has 1 aliphatic rings. The Morgan fingerprint density at radius 2 is 2.12 bits per heavy atom. The number of nitrogens with zero attached hydrogens (tertiary/aromatic N) is 4. The van der Waals surface area contributed by atoms with Crippen molar-refractivity contribution in [3.63, 3.8) is 0 Å². The summed E-state index contributed by atoms with van der Waals surface area (Å²) in [5.74, 6) is 0.795. The van der Waals surface area contributed by atoms with Gasteiger partial charge in [-0.3, -0.25) is 9.79 Å². The van der Waals surface area contributed by atoms with Gasteiger partial charge in [0, 0.05) is 36.2 Å². The van der Waals surface area contributed by atoms with Crippen LogP contribution in [0.1, 0.15) is 22.3 Å². The predicted octanol–water partition coefficient (Wildman–Crippen LogP) is 2.30. The van der Waals surface area contributed by atoms with E-state index in [1.54, 1.807) is 24.7 Å². The maximum atomic E-state index is 12.0. The number of aliphatic imine (C=N–C) groups is 1. The fraction of sp³-hybridized carbons (Fsp3) is 0.111. The Morgan fingerprint density at radius 1 is 1.24 bits per heavy atom. The van der Waals surface area contributed by atoms with Crippen molar-refractivity contribution in [1.29, 1.82) is 0 Å². The Balaban J connectivity index is 1.83. The highest BCUT2D eigenvalue weighted by Crippen LogP contribution is 2.32. The Kier molecular flexibility index (Phi) is 3.62. The van der Waals surface area contributed by atoms with Crippen LogP contribution >= 0.6 is 0 Å². The van der Waals surface area contributed by atoms with Crippen LogP contribution in [0.5, 0.6) is 0 Å². The number of nitrogen functional groups attached to an aromatic ring is 1. The van der Waals surface area contributed by atoms with Gasteiger partial charge in [-0.05, 0) is 23.3 Å². The number of ketones is 1. The first kappa shape index (κ1) is 15.2. The van der Waals surface area contributed by atoms with Crippen LogP contribution in [0.2, 0.25) is 0 Å². The van der Waals surface area contributed by atoms with E-state index in [1.165, 1.54) is 4.68 Å². The summed E-state index contributed by atoms with van der Waals surface area (Å²) in [5, 5.41) is 13.6. The van der Waals surface area contributed by atoms with E-state index in [-0.39, 0.29) is 18.8 Å². The zero-order valence-electron chi connectivity index (χ0n) is 13.3. The normalized spacial score (nSPS) is 13.1. The quantitative estimate of drug-likeness (QED) is 0.765. The minimum Gasteiger partial charge on any atom is -0.392 e. The van der Waals surface area contributed by atoms with Crippen LogP contribution in [0, 0.1) is 0 Å². The number of carbonyl (C=O) groups excluding carboxylic acids is 1. The maximum absolute atomic E-state index is 12.0. The highest BCUT2D eigenvalue weighted by atomic mass is 16.3. The average molecular weight is 333 g/mol. The Bertz CT molecular complexity index is 1010. The molecule has 3 heterocycles. The van der Waals surface area contributed by atoms with Gasteiger partial charge in [-0.15, -0.1) is 5.10 Å². The number of aliphatic hydroxyl groups is 1. The maximum Gasteiger partial charge on any atom is 0.180 e. The van der Waals surface area contributed by atoms with Gasteiger partial charge in [-0.1, -0.05) is 18.2 Å². The average Bonchev–Trinajstić information content (AvgIpc) is 3.03. The van der Waals surface area contributed by atoms with E-state index in [2.05, 4.69) is 15.1 Å². The van der Waals surface area contributed by atoms with Gasteiger partial charge in [0.05, 0.1) is 6.61 Å². The van der Waals surface area contributed by atoms with Crippen molar-refractivity contribution in [2.75, 3.05) is 5.73 Å². The molecule has 1 aromatic carbocycles. The molecule has 7 heteroatoms. The van der Waals surface area contributed by atoms with Gasteiger partial charge in [-0.2, -0.15) is 0 Å². The summed E-state index contributed by atoms with van der Waals surface area (Å²) in [6.45, 7) is -0.0491. The summed E-state index contributed by atoms with van der Waals surface area (Å²) in [4.78, 5) is 20.7.